The minimum Gasteiger partial charge on any atom is -0.510 e. The summed E-state index contributed by atoms with van der Waals surface area (Å²) in [7, 11) is 0. The van der Waals surface area contributed by atoms with Crippen molar-refractivity contribution in [3.05, 3.63) is 41.8 Å². The fraction of sp³-hybridized carbons (Fsp3) is 0.231. The Kier molecular flexibility index (Phi) is 3.70. The van der Waals surface area contributed by atoms with Crippen molar-refractivity contribution < 1.29 is 19.8 Å². The number of rotatable bonds is 3. The highest BCUT2D eigenvalue weighted by molar-refractivity contribution is 5.98. The third-order valence-electron chi connectivity index (χ3n) is 2.78. The van der Waals surface area contributed by atoms with E-state index in [1.165, 1.54) is 0 Å². The number of aliphatic hydroxyl groups is 1. The summed E-state index contributed by atoms with van der Waals surface area (Å²) in [6.07, 6.45) is -0.257. The van der Waals surface area contributed by atoms with Crippen LogP contribution < -0.4 is 0 Å². The first-order valence-corrected chi connectivity index (χ1v) is 5.73. The number of carbonyl (C=O) groups excluding carboxylic acids is 1. The van der Waals surface area contributed by atoms with Crippen molar-refractivity contribution in [1.82, 2.24) is 0 Å². The Morgan fingerprint density at radius 2 is 1.84 bits per heavy atom. The van der Waals surface area contributed by atoms with Gasteiger partial charge in [-0.2, -0.15) is 5.11 Å². The predicted octanol–water partition coefficient (Wildman–Crippen LogP) is 2.60. The van der Waals surface area contributed by atoms with Gasteiger partial charge in [-0.05, 0) is 12.1 Å². The van der Waals surface area contributed by atoms with Crippen LogP contribution in [0.5, 0.6) is 0 Å². The maximum Gasteiger partial charge on any atom is 0.307 e. The molecule has 0 saturated carbocycles. The molecule has 0 aromatic heterocycles. The predicted molar refractivity (Wildman–Crippen MR) is 66.0 cm³/mol. The normalized spacial score (nSPS) is 20.0. The van der Waals surface area contributed by atoms with Crippen molar-refractivity contribution >= 4 is 17.4 Å². The smallest absolute Gasteiger partial charge is 0.307 e. The number of nitrogens with zero attached hydrogens (tertiary/aromatic N) is 2. The van der Waals surface area contributed by atoms with E-state index in [0.29, 0.717) is 5.69 Å². The zero-order valence-electron chi connectivity index (χ0n) is 9.98. The topological polar surface area (TPSA) is 99.3 Å². The summed E-state index contributed by atoms with van der Waals surface area (Å²) in [4.78, 5) is 22.5. The molecule has 0 heterocycles. The first-order chi connectivity index (χ1) is 9.08. The molecule has 0 amide bonds. The van der Waals surface area contributed by atoms with Gasteiger partial charge < -0.3 is 10.2 Å². The lowest BCUT2D eigenvalue weighted by molar-refractivity contribution is -0.144. The fourth-order valence-electron chi connectivity index (χ4n) is 1.77. The van der Waals surface area contributed by atoms with Crippen molar-refractivity contribution in [2.45, 2.75) is 12.8 Å². The van der Waals surface area contributed by atoms with Gasteiger partial charge in [0.15, 0.2) is 11.5 Å². The molecule has 1 aliphatic carbocycles. The lowest BCUT2D eigenvalue weighted by Gasteiger charge is -2.17. The zero-order chi connectivity index (χ0) is 13.8. The van der Waals surface area contributed by atoms with Crippen LogP contribution in [0.15, 0.2) is 52.0 Å². The largest absolute Gasteiger partial charge is 0.510 e. The number of azo groups is 1. The second kappa shape index (κ2) is 5.43. The first-order valence-electron chi connectivity index (χ1n) is 5.73. The van der Waals surface area contributed by atoms with Gasteiger partial charge in [0.2, 0.25) is 0 Å². The lowest BCUT2D eigenvalue weighted by atomic mass is 9.90. The number of allylic oxidation sites excluding steroid dienone is 2. The Hall–Kier alpha value is -2.50. The Morgan fingerprint density at radius 1 is 1.16 bits per heavy atom. The van der Waals surface area contributed by atoms with Crippen LogP contribution in [-0.2, 0) is 9.59 Å². The van der Waals surface area contributed by atoms with Gasteiger partial charge in [-0.3, -0.25) is 9.59 Å². The zero-order valence-corrected chi connectivity index (χ0v) is 9.98. The van der Waals surface area contributed by atoms with Crippen LogP contribution in [0.3, 0.4) is 0 Å². The molecule has 1 aromatic rings. The summed E-state index contributed by atoms with van der Waals surface area (Å²) in [6.45, 7) is 0. The highest BCUT2D eigenvalue weighted by Gasteiger charge is 2.32. The molecular formula is C13H12N2O4. The lowest BCUT2D eigenvalue weighted by Crippen LogP contribution is -2.24. The number of carboxylic acid groups (broad SMARTS) is 1. The van der Waals surface area contributed by atoms with E-state index in [4.69, 9.17) is 5.11 Å². The van der Waals surface area contributed by atoms with Gasteiger partial charge in [0, 0.05) is 12.8 Å². The van der Waals surface area contributed by atoms with Crippen LogP contribution in [0, 0.1) is 5.92 Å². The van der Waals surface area contributed by atoms with Crippen LogP contribution >= 0.6 is 0 Å². The molecule has 0 fully saturated rings. The molecule has 1 aromatic carbocycles. The summed E-state index contributed by atoms with van der Waals surface area (Å²) in [5.74, 6) is -2.80. The average molecular weight is 260 g/mol. The first kappa shape index (κ1) is 12.9. The molecule has 19 heavy (non-hydrogen) atoms. The SMILES string of the molecule is O=C1CC(C(=O)O)CC(O)=C1/N=N/c1ccccc1. The molecule has 98 valence electrons. The van der Waals surface area contributed by atoms with Gasteiger partial charge in [0.05, 0.1) is 11.6 Å². The summed E-state index contributed by atoms with van der Waals surface area (Å²) in [5, 5.41) is 26.1. The molecule has 0 aliphatic heterocycles. The van der Waals surface area contributed by atoms with Gasteiger partial charge in [-0.1, -0.05) is 18.2 Å². The van der Waals surface area contributed by atoms with Gasteiger partial charge in [-0.25, -0.2) is 0 Å². The van der Waals surface area contributed by atoms with Crippen LogP contribution in [0.4, 0.5) is 5.69 Å². The third kappa shape index (κ3) is 3.04. The Balaban J connectivity index is 2.20. The minimum absolute atomic E-state index is 0.0930. The average Bonchev–Trinajstić information content (AvgIpc) is 2.38. The number of hydrogen-bond acceptors (Lipinski definition) is 5. The highest BCUT2D eigenvalue weighted by Crippen LogP contribution is 2.27. The molecule has 2 rings (SSSR count). The molecule has 1 aliphatic rings. The number of ketones is 1. The maximum atomic E-state index is 11.7. The van der Waals surface area contributed by atoms with Crippen LogP contribution in [0.25, 0.3) is 0 Å². The molecule has 1 atom stereocenters. The van der Waals surface area contributed by atoms with Crippen molar-refractivity contribution in [3.63, 3.8) is 0 Å². The van der Waals surface area contributed by atoms with Crippen LogP contribution in [-0.4, -0.2) is 22.0 Å². The molecule has 0 radical (unpaired) electrons. The molecular weight excluding hydrogens is 248 g/mol. The number of aliphatic hydroxyl groups excluding tert-OH is 1. The Bertz CT molecular complexity index is 563. The number of benzene rings is 1. The number of carboxylic acids is 1. The van der Waals surface area contributed by atoms with Gasteiger partial charge in [-0.15, -0.1) is 5.11 Å². The molecule has 0 spiro atoms. The highest BCUT2D eigenvalue weighted by atomic mass is 16.4. The second-order valence-corrected chi connectivity index (χ2v) is 4.20. The van der Waals surface area contributed by atoms with E-state index in [2.05, 4.69) is 10.2 Å². The van der Waals surface area contributed by atoms with E-state index in [-0.39, 0.29) is 24.3 Å². The van der Waals surface area contributed by atoms with E-state index >= 15 is 0 Å². The summed E-state index contributed by atoms with van der Waals surface area (Å²) < 4.78 is 0. The van der Waals surface area contributed by atoms with E-state index in [1.54, 1.807) is 24.3 Å². The summed E-state index contributed by atoms with van der Waals surface area (Å²) >= 11 is 0. The molecule has 2 N–H and O–H groups in total. The number of hydrogen-bond donors (Lipinski definition) is 2. The van der Waals surface area contributed by atoms with Gasteiger partial charge in [0.25, 0.3) is 0 Å². The number of carbonyl (C=O) groups is 2. The van der Waals surface area contributed by atoms with E-state index in [0.717, 1.165) is 0 Å². The standard InChI is InChI=1S/C13H12N2O4/c16-10-6-8(13(18)19)7-11(17)12(10)15-14-9-4-2-1-3-5-9/h1-5,8,16H,6-7H2,(H,18,19)/b15-14+. The van der Waals surface area contributed by atoms with Crippen LogP contribution in [0.1, 0.15) is 12.8 Å². The quantitative estimate of drug-likeness (QED) is 0.816. The molecule has 1 unspecified atom stereocenters. The number of Topliss-reactive ketones (excluding diaryl/α,β-unsaturated/α-hetero) is 1. The van der Waals surface area contributed by atoms with Crippen molar-refractivity contribution in [3.8, 4) is 0 Å². The number of aliphatic carboxylic acids is 1. The molecule has 6 heteroatoms. The maximum absolute atomic E-state index is 11.7. The third-order valence-corrected chi connectivity index (χ3v) is 2.78. The van der Waals surface area contributed by atoms with Crippen molar-refractivity contribution in [2.24, 2.45) is 16.1 Å². The van der Waals surface area contributed by atoms with Crippen molar-refractivity contribution in [1.29, 1.82) is 0 Å². The monoisotopic (exact) mass is 260 g/mol. The van der Waals surface area contributed by atoms with Crippen molar-refractivity contribution in [2.75, 3.05) is 0 Å². The Labute approximate surface area is 109 Å². The second-order valence-electron chi connectivity index (χ2n) is 4.20. The van der Waals surface area contributed by atoms with Gasteiger partial charge in [0.1, 0.15) is 5.76 Å². The molecule has 0 saturated heterocycles. The minimum atomic E-state index is -1.10. The Morgan fingerprint density at radius 3 is 2.42 bits per heavy atom. The van der Waals surface area contributed by atoms with E-state index in [1.807, 2.05) is 6.07 Å². The van der Waals surface area contributed by atoms with Gasteiger partial charge >= 0.3 is 5.97 Å². The molecule has 6 nitrogen and oxygen atoms in total. The summed E-state index contributed by atoms with van der Waals surface area (Å²) in [5.41, 5.74) is 0.400. The van der Waals surface area contributed by atoms with Crippen LogP contribution in [0.2, 0.25) is 0 Å². The molecule has 0 bridgehead atoms. The van der Waals surface area contributed by atoms with E-state index in [9.17, 15) is 14.7 Å². The van der Waals surface area contributed by atoms with E-state index < -0.39 is 17.7 Å². The summed E-state index contributed by atoms with van der Waals surface area (Å²) in [6, 6.07) is 8.76. The fourth-order valence-corrected chi connectivity index (χ4v) is 1.77.